The van der Waals surface area contributed by atoms with Crippen LogP contribution in [0.4, 0.5) is 0 Å². The molecule has 0 bridgehead atoms. The van der Waals surface area contributed by atoms with Crippen molar-refractivity contribution in [2.75, 3.05) is 7.11 Å². The Hall–Kier alpha value is -2.94. The summed E-state index contributed by atoms with van der Waals surface area (Å²) in [7, 11) is 1.65. The van der Waals surface area contributed by atoms with Crippen molar-refractivity contribution in [3.63, 3.8) is 0 Å². The molecule has 0 atom stereocenters. The van der Waals surface area contributed by atoms with Crippen LogP contribution in [-0.2, 0) is 0 Å². The van der Waals surface area contributed by atoms with Gasteiger partial charge in [-0.2, -0.15) is 0 Å². The number of hydrogen-bond donors (Lipinski definition) is 0. The van der Waals surface area contributed by atoms with Crippen molar-refractivity contribution in [2.24, 2.45) is 0 Å². The van der Waals surface area contributed by atoms with Gasteiger partial charge in [-0.3, -0.25) is 9.78 Å². The number of pyridine rings is 1. The monoisotopic (exact) mass is 289 g/mol. The van der Waals surface area contributed by atoms with E-state index in [4.69, 9.17) is 4.74 Å². The molecular formula is C19H15NO2. The second-order valence-electron chi connectivity index (χ2n) is 4.87. The van der Waals surface area contributed by atoms with Gasteiger partial charge in [0.1, 0.15) is 5.75 Å². The fraction of sp³-hybridized carbons (Fsp3) is 0.0526. The van der Waals surface area contributed by atoms with Gasteiger partial charge in [0.2, 0.25) is 0 Å². The van der Waals surface area contributed by atoms with E-state index in [2.05, 4.69) is 4.98 Å². The molecule has 0 aliphatic heterocycles. The highest BCUT2D eigenvalue weighted by atomic mass is 16.5. The van der Waals surface area contributed by atoms with Gasteiger partial charge in [-0.1, -0.05) is 36.4 Å². The Bertz CT molecular complexity index is 763. The summed E-state index contributed by atoms with van der Waals surface area (Å²) in [5.41, 5.74) is 3.47. The zero-order chi connectivity index (χ0) is 15.4. The van der Waals surface area contributed by atoms with E-state index in [1.54, 1.807) is 31.6 Å². The highest BCUT2D eigenvalue weighted by molar-refractivity contribution is 6.09. The van der Waals surface area contributed by atoms with Gasteiger partial charge in [0.05, 0.1) is 7.11 Å². The average Bonchev–Trinajstić information content (AvgIpc) is 2.62. The fourth-order valence-electron chi connectivity index (χ4n) is 2.27. The molecule has 0 saturated carbocycles. The molecule has 0 aliphatic carbocycles. The first-order chi connectivity index (χ1) is 10.8. The first kappa shape index (κ1) is 14.0. The molecule has 108 valence electrons. The van der Waals surface area contributed by atoms with Crippen LogP contribution in [0.15, 0.2) is 73.1 Å². The zero-order valence-electron chi connectivity index (χ0n) is 12.2. The number of methoxy groups -OCH3 is 1. The van der Waals surface area contributed by atoms with Gasteiger partial charge in [0, 0.05) is 23.5 Å². The van der Waals surface area contributed by atoms with Gasteiger partial charge in [-0.15, -0.1) is 0 Å². The molecule has 0 aliphatic rings. The highest BCUT2D eigenvalue weighted by Gasteiger charge is 2.08. The van der Waals surface area contributed by atoms with Crippen LogP contribution >= 0.6 is 0 Å². The second kappa shape index (κ2) is 6.22. The Balaban J connectivity index is 1.84. The minimum absolute atomic E-state index is 0.00341. The zero-order valence-corrected chi connectivity index (χ0v) is 12.2. The number of hydrogen-bond acceptors (Lipinski definition) is 3. The average molecular weight is 289 g/mol. The molecule has 0 radical (unpaired) electrons. The van der Waals surface area contributed by atoms with E-state index in [0.29, 0.717) is 11.1 Å². The number of benzene rings is 2. The molecule has 0 amide bonds. The summed E-state index contributed by atoms with van der Waals surface area (Å²) in [4.78, 5) is 16.3. The predicted molar refractivity (Wildman–Crippen MR) is 86.1 cm³/mol. The summed E-state index contributed by atoms with van der Waals surface area (Å²) in [6.07, 6.45) is 3.25. The smallest absolute Gasteiger partial charge is 0.193 e. The summed E-state index contributed by atoms with van der Waals surface area (Å²) in [6, 6.07) is 18.9. The van der Waals surface area contributed by atoms with E-state index in [1.807, 2.05) is 48.5 Å². The van der Waals surface area contributed by atoms with Crippen molar-refractivity contribution >= 4 is 5.78 Å². The van der Waals surface area contributed by atoms with Crippen LogP contribution < -0.4 is 4.74 Å². The molecule has 3 nitrogen and oxygen atoms in total. The third-order valence-corrected chi connectivity index (χ3v) is 3.51. The number of carbonyl (C=O) groups is 1. The van der Waals surface area contributed by atoms with E-state index >= 15 is 0 Å². The molecule has 0 saturated heterocycles. The lowest BCUT2D eigenvalue weighted by molar-refractivity contribution is 0.103. The minimum atomic E-state index is 0.00341. The Kier molecular flexibility index (Phi) is 3.97. The summed E-state index contributed by atoms with van der Waals surface area (Å²) in [5.74, 6) is 0.830. The van der Waals surface area contributed by atoms with Crippen LogP contribution in [0.3, 0.4) is 0 Å². The number of nitrogens with zero attached hydrogens (tertiary/aromatic N) is 1. The van der Waals surface area contributed by atoms with Crippen molar-refractivity contribution in [3.8, 4) is 16.9 Å². The van der Waals surface area contributed by atoms with E-state index in [9.17, 15) is 4.79 Å². The maximum Gasteiger partial charge on any atom is 0.193 e. The lowest BCUT2D eigenvalue weighted by Gasteiger charge is -2.05. The molecule has 22 heavy (non-hydrogen) atoms. The van der Waals surface area contributed by atoms with Crippen molar-refractivity contribution < 1.29 is 9.53 Å². The van der Waals surface area contributed by atoms with Gasteiger partial charge in [-0.05, 0) is 35.4 Å². The van der Waals surface area contributed by atoms with Crippen LogP contribution in [0.1, 0.15) is 15.9 Å². The Morgan fingerprint density at radius 3 is 1.82 bits per heavy atom. The summed E-state index contributed by atoms with van der Waals surface area (Å²) < 4.78 is 5.15. The van der Waals surface area contributed by atoms with Crippen LogP contribution in [0, 0.1) is 0 Å². The number of ether oxygens (including phenoxy) is 1. The molecular weight excluding hydrogens is 274 g/mol. The molecule has 0 unspecified atom stereocenters. The summed E-state index contributed by atoms with van der Waals surface area (Å²) in [6.45, 7) is 0. The Morgan fingerprint density at radius 2 is 1.27 bits per heavy atom. The minimum Gasteiger partial charge on any atom is -0.497 e. The van der Waals surface area contributed by atoms with E-state index in [1.165, 1.54) is 0 Å². The molecule has 0 fully saturated rings. The molecule has 1 heterocycles. The van der Waals surface area contributed by atoms with Gasteiger partial charge >= 0.3 is 0 Å². The van der Waals surface area contributed by atoms with Crippen molar-refractivity contribution in [2.45, 2.75) is 0 Å². The number of ketones is 1. The van der Waals surface area contributed by atoms with Gasteiger partial charge in [0.25, 0.3) is 0 Å². The number of rotatable bonds is 4. The van der Waals surface area contributed by atoms with Crippen LogP contribution in [0.2, 0.25) is 0 Å². The van der Waals surface area contributed by atoms with Gasteiger partial charge in [-0.25, -0.2) is 0 Å². The SMILES string of the molecule is COc1ccc(-c2ccc(C(=O)c3ccncc3)cc2)cc1. The Labute approximate surface area is 129 Å². The lowest BCUT2D eigenvalue weighted by Crippen LogP contribution is -2.00. The quantitative estimate of drug-likeness (QED) is 0.682. The molecule has 0 N–H and O–H groups in total. The third-order valence-electron chi connectivity index (χ3n) is 3.51. The second-order valence-corrected chi connectivity index (χ2v) is 4.87. The highest BCUT2D eigenvalue weighted by Crippen LogP contribution is 2.23. The predicted octanol–water partition coefficient (Wildman–Crippen LogP) is 3.99. The molecule has 0 spiro atoms. The maximum absolute atomic E-state index is 12.3. The molecule has 2 aromatic carbocycles. The first-order valence-electron chi connectivity index (χ1n) is 6.97. The van der Waals surface area contributed by atoms with Crippen LogP contribution in [-0.4, -0.2) is 17.9 Å². The van der Waals surface area contributed by atoms with Gasteiger partial charge < -0.3 is 4.74 Å². The summed E-state index contributed by atoms with van der Waals surface area (Å²) >= 11 is 0. The van der Waals surface area contributed by atoms with Gasteiger partial charge in [0.15, 0.2) is 5.78 Å². The molecule has 3 heteroatoms. The van der Waals surface area contributed by atoms with Crippen molar-refractivity contribution in [1.29, 1.82) is 0 Å². The topological polar surface area (TPSA) is 39.2 Å². The number of carbonyl (C=O) groups excluding carboxylic acids is 1. The van der Waals surface area contributed by atoms with Crippen LogP contribution in [0.5, 0.6) is 5.75 Å². The van der Waals surface area contributed by atoms with Crippen molar-refractivity contribution in [1.82, 2.24) is 4.98 Å². The molecule has 3 rings (SSSR count). The summed E-state index contributed by atoms with van der Waals surface area (Å²) in [5, 5.41) is 0. The van der Waals surface area contributed by atoms with Crippen LogP contribution in [0.25, 0.3) is 11.1 Å². The molecule has 3 aromatic rings. The number of aromatic nitrogens is 1. The standard InChI is InChI=1S/C19H15NO2/c1-22-18-8-6-15(7-9-18)14-2-4-16(5-3-14)19(21)17-10-12-20-13-11-17/h2-13H,1H3. The normalized spacial score (nSPS) is 10.2. The largest absolute Gasteiger partial charge is 0.497 e. The van der Waals surface area contributed by atoms with E-state index < -0.39 is 0 Å². The molecule has 1 aromatic heterocycles. The third kappa shape index (κ3) is 2.88. The Morgan fingerprint density at radius 1 is 0.773 bits per heavy atom. The lowest BCUT2D eigenvalue weighted by atomic mass is 10.00. The maximum atomic E-state index is 12.3. The van der Waals surface area contributed by atoms with Crippen molar-refractivity contribution in [3.05, 3.63) is 84.2 Å². The van der Waals surface area contributed by atoms with E-state index in [0.717, 1.165) is 16.9 Å². The first-order valence-corrected chi connectivity index (χ1v) is 6.97. The van der Waals surface area contributed by atoms with E-state index in [-0.39, 0.29) is 5.78 Å². The fourth-order valence-corrected chi connectivity index (χ4v) is 2.27.